The molecule has 3 aliphatic rings. The number of halogens is 6. The first kappa shape index (κ1) is 20.8. The molecule has 1 spiro atoms. The quantitative estimate of drug-likeness (QED) is 0.733. The van der Waals surface area contributed by atoms with Crippen molar-refractivity contribution >= 4 is 12.0 Å². The first-order valence-corrected chi connectivity index (χ1v) is 9.37. The van der Waals surface area contributed by atoms with Crippen LogP contribution in [0.1, 0.15) is 30.4 Å². The number of nitrogens with one attached hydrogen (secondary N) is 1. The van der Waals surface area contributed by atoms with Crippen LogP contribution in [0.2, 0.25) is 0 Å². The van der Waals surface area contributed by atoms with E-state index in [1.54, 1.807) is 0 Å². The standard InChI is InChI=1S/C19H18F6N2O3/c20-14-2-1-12(3-13(14)19(23,24)25)18(21,22)4-10-7-27(8-10)15(28)11-5-17(6-11)9-30-16(29)26-17/h1-3,10-11H,4-9H2,(H,26,29). The Bertz CT molecular complexity index is 876. The summed E-state index contributed by atoms with van der Waals surface area (Å²) in [4.78, 5) is 25.0. The second-order valence-corrected chi connectivity index (χ2v) is 8.30. The van der Waals surface area contributed by atoms with Gasteiger partial charge in [0.15, 0.2) is 0 Å². The minimum atomic E-state index is -5.07. The Labute approximate surface area is 167 Å². The monoisotopic (exact) mass is 436 g/mol. The van der Waals surface area contributed by atoms with Crippen LogP contribution in [0.3, 0.4) is 0 Å². The molecule has 2 saturated heterocycles. The van der Waals surface area contributed by atoms with Crippen LogP contribution in [0.15, 0.2) is 18.2 Å². The van der Waals surface area contributed by atoms with Gasteiger partial charge in [-0.3, -0.25) is 4.79 Å². The van der Waals surface area contributed by atoms with Crippen LogP contribution in [-0.2, 0) is 21.6 Å². The zero-order chi connectivity index (χ0) is 21.9. The van der Waals surface area contributed by atoms with E-state index >= 15 is 0 Å². The lowest BCUT2D eigenvalue weighted by molar-refractivity contribution is -0.151. The number of alkyl halides is 5. The number of benzene rings is 1. The minimum absolute atomic E-state index is 0.0775. The van der Waals surface area contributed by atoms with Crippen molar-refractivity contribution in [3.8, 4) is 0 Å². The Balaban J connectivity index is 1.31. The first-order valence-electron chi connectivity index (χ1n) is 9.37. The number of rotatable bonds is 4. The van der Waals surface area contributed by atoms with Crippen LogP contribution < -0.4 is 5.32 Å². The molecule has 1 aromatic rings. The van der Waals surface area contributed by atoms with Gasteiger partial charge in [-0.05, 0) is 25.0 Å². The summed E-state index contributed by atoms with van der Waals surface area (Å²) in [5.41, 5.74) is -3.15. The van der Waals surface area contributed by atoms with Crippen molar-refractivity contribution in [1.82, 2.24) is 10.2 Å². The maximum Gasteiger partial charge on any atom is 0.419 e. The van der Waals surface area contributed by atoms with E-state index in [0.717, 1.165) is 0 Å². The third-order valence-electron chi connectivity index (χ3n) is 5.98. The fourth-order valence-electron chi connectivity index (χ4n) is 4.36. The van der Waals surface area contributed by atoms with Crippen molar-refractivity contribution in [2.75, 3.05) is 19.7 Å². The third-order valence-corrected chi connectivity index (χ3v) is 5.98. The van der Waals surface area contributed by atoms with E-state index in [9.17, 15) is 35.9 Å². The van der Waals surface area contributed by atoms with Crippen molar-refractivity contribution < 1.29 is 40.7 Å². The number of cyclic esters (lactones) is 1. The molecule has 0 bridgehead atoms. The molecule has 0 atom stereocenters. The molecule has 1 aliphatic carbocycles. The normalized spacial score (nSPS) is 26.8. The van der Waals surface area contributed by atoms with E-state index in [1.807, 2.05) is 0 Å². The number of hydrogen-bond acceptors (Lipinski definition) is 3. The lowest BCUT2D eigenvalue weighted by Crippen LogP contribution is -2.61. The lowest BCUT2D eigenvalue weighted by atomic mass is 9.68. The van der Waals surface area contributed by atoms with E-state index in [1.165, 1.54) is 4.90 Å². The zero-order valence-corrected chi connectivity index (χ0v) is 15.6. The van der Waals surface area contributed by atoms with Crippen LogP contribution in [0.4, 0.5) is 31.1 Å². The Hall–Kier alpha value is -2.46. The molecular formula is C19H18F6N2O3. The van der Waals surface area contributed by atoms with Crippen molar-refractivity contribution in [3.63, 3.8) is 0 Å². The van der Waals surface area contributed by atoms with Gasteiger partial charge < -0.3 is 15.0 Å². The summed E-state index contributed by atoms with van der Waals surface area (Å²) >= 11 is 0. The molecule has 30 heavy (non-hydrogen) atoms. The summed E-state index contributed by atoms with van der Waals surface area (Å²) in [6, 6.07) is 1.18. The van der Waals surface area contributed by atoms with Crippen LogP contribution >= 0.6 is 0 Å². The number of carbonyl (C=O) groups is 2. The lowest BCUT2D eigenvalue weighted by Gasteiger charge is -2.48. The van der Waals surface area contributed by atoms with Crippen molar-refractivity contribution in [2.24, 2.45) is 11.8 Å². The van der Waals surface area contributed by atoms with Gasteiger partial charge in [0.2, 0.25) is 5.91 Å². The number of alkyl carbamates (subject to hydrolysis) is 1. The molecule has 164 valence electrons. The van der Waals surface area contributed by atoms with Crippen LogP contribution in [0.5, 0.6) is 0 Å². The average molecular weight is 436 g/mol. The molecule has 0 unspecified atom stereocenters. The summed E-state index contributed by atoms with van der Waals surface area (Å²) in [6.45, 7) is 0.351. The molecule has 3 fully saturated rings. The highest BCUT2D eigenvalue weighted by molar-refractivity contribution is 5.82. The molecule has 5 nitrogen and oxygen atoms in total. The minimum Gasteiger partial charge on any atom is -0.447 e. The number of carbonyl (C=O) groups excluding carboxylic acids is 2. The van der Waals surface area contributed by atoms with Gasteiger partial charge >= 0.3 is 12.3 Å². The second kappa shape index (κ2) is 6.78. The first-order chi connectivity index (χ1) is 13.9. The number of hydrogen-bond donors (Lipinski definition) is 1. The van der Waals surface area contributed by atoms with Gasteiger partial charge in [-0.2, -0.15) is 13.2 Å². The molecule has 2 amide bonds. The SMILES string of the molecule is O=C1NC2(CO1)CC(C(=O)N1CC(CC(F)(F)c3ccc(F)c(C(F)(F)F)c3)C1)C2. The predicted octanol–water partition coefficient (Wildman–Crippen LogP) is 3.67. The van der Waals surface area contributed by atoms with Crippen molar-refractivity contribution in [3.05, 3.63) is 35.1 Å². The Morgan fingerprint density at radius 2 is 1.87 bits per heavy atom. The van der Waals surface area contributed by atoms with Gasteiger partial charge in [0.25, 0.3) is 5.92 Å². The second-order valence-electron chi connectivity index (χ2n) is 8.30. The van der Waals surface area contributed by atoms with Gasteiger partial charge in [0.1, 0.15) is 12.4 Å². The van der Waals surface area contributed by atoms with E-state index in [-0.39, 0.29) is 37.6 Å². The summed E-state index contributed by atoms with van der Waals surface area (Å²) in [7, 11) is 0. The number of amides is 2. The molecule has 1 saturated carbocycles. The van der Waals surface area contributed by atoms with Gasteiger partial charge in [-0.25, -0.2) is 18.0 Å². The topological polar surface area (TPSA) is 58.6 Å². The van der Waals surface area contributed by atoms with Crippen LogP contribution in [-0.4, -0.2) is 42.1 Å². The number of nitrogens with zero attached hydrogens (tertiary/aromatic N) is 1. The summed E-state index contributed by atoms with van der Waals surface area (Å²) in [6.07, 6.45) is -5.49. The highest BCUT2D eigenvalue weighted by Crippen LogP contribution is 2.44. The molecule has 1 N–H and O–H groups in total. The molecule has 1 aromatic carbocycles. The molecule has 11 heteroatoms. The van der Waals surface area contributed by atoms with E-state index in [4.69, 9.17) is 4.74 Å². The van der Waals surface area contributed by atoms with Crippen molar-refractivity contribution in [2.45, 2.75) is 36.9 Å². The predicted molar refractivity (Wildman–Crippen MR) is 89.9 cm³/mol. The highest BCUT2D eigenvalue weighted by Gasteiger charge is 2.54. The van der Waals surface area contributed by atoms with E-state index in [2.05, 4.69) is 5.32 Å². The van der Waals surface area contributed by atoms with Gasteiger partial charge in [-0.1, -0.05) is 6.07 Å². The molecule has 0 aromatic heterocycles. The van der Waals surface area contributed by atoms with Gasteiger partial charge in [0, 0.05) is 36.9 Å². The zero-order valence-electron chi connectivity index (χ0n) is 15.6. The van der Waals surface area contributed by atoms with Crippen molar-refractivity contribution in [1.29, 1.82) is 0 Å². The van der Waals surface area contributed by atoms with E-state index in [0.29, 0.717) is 25.0 Å². The van der Waals surface area contributed by atoms with Crippen LogP contribution in [0, 0.1) is 17.7 Å². The largest absolute Gasteiger partial charge is 0.447 e. The maximum atomic E-state index is 14.5. The summed E-state index contributed by atoms with van der Waals surface area (Å²) in [5.74, 6) is -6.28. The molecule has 2 heterocycles. The smallest absolute Gasteiger partial charge is 0.419 e. The van der Waals surface area contributed by atoms with E-state index < -0.39 is 53.0 Å². The Morgan fingerprint density at radius 1 is 1.20 bits per heavy atom. The van der Waals surface area contributed by atoms with Gasteiger partial charge in [0.05, 0.1) is 11.1 Å². The fraction of sp³-hybridized carbons (Fsp3) is 0.579. The maximum absolute atomic E-state index is 14.5. The fourth-order valence-corrected chi connectivity index (χ4v) is 4.36. The third kappa shape index (κ3) is 3.69. The molecule has 4 rings (SSSR count). The Kier molecular flexibility index (Phi) is 4.70. The molecule has 2 aliphatic heterocycles. The number of ether oxygens (including phenoxy) is 1. The Morgan fingerprint density at radius 3 is 2.43 bits per heavy atom. The summed E-state index contributed by atoms with van der Waals surface area (Å²) in [5, 5.41) is 2.67. The molecule has 0 radical (unpaired) electrons. The van der Waals surface area contributed by atoms with Crippen LogP contribution in [0.25, 0.3) is 0 Å². The van der Waals surface area contributed by atoms with Gasteiger partial charge in [-0.15, -0.1) is 0 Å². The average Bonchev–Trinajstić information content (AvgIpc) is 2.97. The highest BCUT2D eigenvalue weighted by atomic mass is 19.4. The summed E-state index contributed by atoms with van der Waals surface area (Å²) < 4.78 is 85.5. The number of likely N-dealkylation sites (tertiary alicyclic amines) is 1. The molecular weight excluding hydrogens is 418 g/mol.